The summed E-state index contributed by atoms with van der Waals surface area (Å²) in [6.07, 6.45) is 1.73. The van der Waals surface area contributed by atoms with E-state index in [4.69, 9.17) is 0 Å². The Bertz CT molecular complexity index is 482. The molecule has 0 unspecified atom stereocenters. The molecule has 1 N–H and O–H groups in total. The van der Waals surface area contributed by atoms with Gasteiger partial charge in [0.25, 0.3) is 0 Å². The number of rotatable bonds is 2. The fraction of sp³-hybridized carbons (Fsp3) is 0.250. The third-order valence-corrected chi connectivity index (χ3v) is 3.02. The van der Waals surface area contributed by atoms with Crippen LogP contribution in [0.4, 0.5) is 0 Å². The molecule has 3 nitrogen and oxygen atoms in total. The molecule has 0 radical (unpaired) electrons. The molecule has 0 aliphatic rings. The molecule has 0 saturated heterocycles. The van der Waals surface area contributed by atoms with Crippen molar-refractivity contribution in [2.45, 2.75) is 19.4 Å². The van der Waals surface area contributed by atoms with E-state index in [0.717, 1.165) is 15.9 Å². The number of benzene rings is 1. The molecule has 1 aromatic heterocycles. The van der Waals surface area contributed by atoms with E-state index < -0.39 is 5.60 Å². The minimum absolute atomic E-state index is 0.806. The Hall–Kier alpha value is -1.13. The van der Waals surface area contributed by atoms with Crippen LogP contribution in [0.2, 0.25) is 0 Å². The van der Waals surface area contributed by atoms with Gasteiger partial charge < -0.3 is 5.11 Å². The summed E-state index contributed by atoms with van der Waals surface area (Å²) in [7, 11) is 0. The molecule has 0 bridgehead atoms. The maximum absolute atomic E-state index is 9.83. The van der Waals surface area contributed by atoms with Crippen molar-refractivity contribution in [1.82, 2.24) is 9.78 Å². The standard InChI is InChI=1S/C12H13BrN2O/c1-12(2,16)9-3-5-10(6-4-9)15-11(13)7-8-14-15/h3-8,16H,1-2H3. The van der Waals surface area contributed by atoms with E-state index in [2.05, 4.69) is 21.0 Å². The van der Waals surface area contributed by atoms with Gasteiger partial charge in [0, 0.05) is 0 Å². The largest absolute Gasteiger partial charge is 0.386 e. The molecule has 0 aliphatic carbocycles. The van der Waals surface area contributed by atoms with Gasteiger partial charge in [-0.15, -0.1) is 0 Å². The number of aliphatic hydroxyl groups is 1. The van der Waals surface area contributed by atoms with E-state index in [1.165, 1.54) is 0 Å². The van der Waals surface area contributed by atoms with Gasteiger partial charge >= 0.3 is 0 Å². The molecule has 2 aromatic rings. The maximum Gasteiger partial charge on any atom is 0.109 e. The Morgan fingerprint density at radius 3 is 2.25 bits per heavy atom. The van der Waals surface area contributed by atoms with Gasteiger partial charge in [-0.1, -0.05) is 12.1 Å². The van der Waals surface area contributed by atoms with E-state index in [-0.39, 0.29) is 0 Å². The summed E-state index contributed by atoms with van der Waals surface area (Å²) >= 11 is 3.41. The molecule has 0 aliphatic heterocycles. The molecule has 0 spiro atoms. The first kappa shape index (κ1) is 11.4. The zero-order valence-corrected chi connectivity index (χ0v) is 10.8. The Morgan fingerprint density at radius 2 is 1.81 bits per heavy atom. The summed E-state index contributed by atoms with van der Waals surface area (Å²) in [6, 6.07) is 9.56. The highest BCUT2D eigenvalue weighted by Gasteiger charge is 2.15. The monoisotopic (exact) mass is 280 g/mol. The highest BCUT2D eigenvalue weighted by molar-refractivity contribution is 9.10. The Morgan fingerprint density at radius 1 is 1.19 bits per heavy atom. The topological polar surface area (TPSA) is 38.0 Å². The lowest BCUT2D eigenvalue weighted by atomic mass is 9.98. The average Bonchev–Trinajstić information content (AvgIpc) is 2.63. The Kier molecular flexibility index (Phi) is 2.86. The minimum atomic E-state index is -0.806. The van der Waals surface area contributed by atoms with Gasteiger partial charge in [-0.05, 0) is 53.5 Å². The molecule has 0 atom stereocenters. The molecule has 2 rings (SSSR count). The molecule has 84 valence electrons. The molecular formula is C12H13BrN2O. The van der Waals surface area contributed by atoms with Gasteiger partial charge in [-0.2, -0.15) is 5.10 Å². The van der Waals surface area contributed by atoms with Gasteiger partial charge in [0.2, 0.25) is 0 Å². The molecule has 1 heterocycles. The number of hydrogen-bond donors (Lipinski definition) is 1. The third kappa shape index (κ3) is 2.18. The predicted molar refractivity (Wildman–Crippen MR) is 66.5 cm³/mol. The van der Waals surface area contributed by atoms with Crippen LogP contribution in [-0.2, 0) is 5.60 Å². The zero-order chi connectivity index (χ0) is 11.8. The van der Waals surface area contributed by atoms with Crippen molar-refractivity contribution in [1.29, 1.82) is 0 Å². The van der Waals surface area contributed by atoms with Crippen LogP contribution in [-0.4, -0.2) is 14.9 Å². The van der Waals surface area contributed by atoms with E-state index in [9.17, 15) is 5.11 Å². The first-order chi connectivity index (χ1) is 7.48. The van der Waals surface area contributed by atoms with Crippen molar-refractivity contribution in [3.8, 4) is 5.69 Å². The lowest BCUT2D eigenvalue weighted by Crippen LogP contribution is -2.15. The molecule has 4 heteroatoms. The zero-order valence-electron chi connectivity index (χ0n) is 9.18. The average molecular weight is 281 g/mol. The maximum atomic E-state index is 9.83. The van der Waals surface area contributed by atoms with Gasteiger partial charge in [0.15, 0.2) is 0 Å². The molecule has 16 heavy (non-hydrogen) atoms. The van der Waals surface area contributed by atoms with Crippen molar-refractivity contribution in [2.24, 2.45) is 0 Å². The molecule has 0 saturated carbocycles. The summed E-state index contributed by atoms with van der Waals surface area (Å²) in [5.74, 6) is 0. The molecular weight excluding hydrogens is 268 g/mol. The van der Waals surface area contributed by atoms with E-state index >= 15 is 0 Å². The van der Waals surface area contributed by atoms with Crippen LogP contribution in [0.1, 0.15) is 19.4 Å². The van der Waals surface area contributed by atoms with E-state index in [0.29, 0.717) is 0 Å². The first-order valence-electron chi connectivity index (χ1n) is 5.01. The summed E-state index contributed by atoms with van der Waals surface area (Å²) in [5.41, 5.74) is 1.05. The van der Waals surface area contributed by atoms with Gasteiger partial charge in [0.1, 0.15) is 4.60 Å². The summed E-state index contributed by atoms with van der Waals surface area (Å²) in [6.45, 7) is 3.54. The van der Waals surface area contributed by atoms with Gasteiger partial charge in [-0.3, -0.25) is 0 Å². The minimum Gasteiger partial charge on any atom is -0.386 e. The summed E-state index contributed by atoms with van der Waals surface area (Å²) in [4.78, 5) is 0. The first-order valence-corrected chi connectivity index (χ1v) is 5.80. The number of halogens is 1. The molecule has 0 amide bonds. The van der Waals surface area contributed by atoms with Crippen LogP contribution in [0.5, 0.6) is 0 Å². The van der Waals surface area contributed by atoms with Crippen molar-refractivity contribution in [3.05, 3.63) is 46.7 Å². The van der Waals surface area contributed by atoms with Crippen molar-refractivity contribution in [3.63, 3.8) is 0 Å². The Balaban J connectivity index is 2.37. The second-order valence-electron chi connectivity index (χ2n) is 4.17. The highest BCUT2D eigenvalue weighted by Crippen LogP contribution is 2.22. The van der Waals surface area contributed by atoms with Crippen LogP contribution in [0.15, 0.2) is 41.1 Å². The molecule has 1 aromatic carbocycles. The quantitative estimate of drug-likeness (QED) is 0.919. The van der Waals surface area contributed by atoms with Crippen LogP contribution in [0.3, 0.4) is 0 Å². The third-order valence-electron chi connectivity index (χ3n) is 2.41. The van der Waals surface area contributed by atoms with Crippen molar-refractivity contribution in [2.75, 3.05) is 0 Å². The van der Waals surface area contributed by atoms with Crippen molar-refractivity contribution >= 4 is 15.9 Å². The summed E-state index contributed by atoms with van der Waals surface area (Å²) in [5, 5.41) is 14.0. The van der Waals surface area contributed by atoms with Crippen LogP contribution in [0, 0.1) is 0 Å². The van der Waals surface area contributed by atoms with Gasteiger partial charge in [0.05, 0.1) is 17.5 Å². The fourth-order valence-corrected chi connectivity index (χ4v) is 1.90. The second kappa shape index (κ2) is 4.03. The smallest absolute Gasteiger partial charge is 0.109 e. The lowest BCUT2D eigenvalue weighted by molar-refractivity contribution is 0.0786. The number of nitrogens with zero attached hydrogens (tertiary/aromatic N) is 2. The number of aromatic nitrogens is 2. The van der Waals surface area contributed by atoms with Crippen LogP contribution < -0.4 is 0 Å². The highest BCUT2D eigenvalue weighted by atomic mass is 79.9. The summed E-state index contributed by atoms with van der Waals surface area (Å²) < 4.78 is 2.69. The number of hydrogen-bond acceptors (Lipinski definition) is 2. The van der Waals surface area contributed by atoms with E-state index in [1.54, 1.807) is 24.7 Å². The fourth-order valence-electron chi connectivity index (χ4n) is 1.49. The Labute approximate surface area is 103 Å². The normalized spacial score (nSPS) is 11.8. The van der Waals surface area contributed by atoms with Crippen LogP contribution in [0.25, 0.3) is 5.69 Å². The van der Waals surface area contributed by atoms with Gasteiger partial charge in [-0.25, -0.2) is 4.68 Å². The van der Waals surface area contributed by atoms with E-state index in [1.807, 2.05) is 30.3 Å². The second-order valence-corrected chi connectivity index (χ2v) is 4.98. The lowest BCUT2D eigenvalue weighted by Gasteiger charge is -2.17. The van der Waals surface area contributed by atoms with Crippen LogP contribution >= 0.6 is 15.9 Å². The molecule has 0 fully saturated rings. The van der Waals surface area contributed by atoms with Crippen molar-refractivity contribution < 1.29 is 5.11 Å². The SMILES string of the molecule is CC(C)(O)c1ccc(-n2nccc2Br)cc1. The predicted octanol–water partition coefficient (Wildman–Crippen LogP) is 2.86.